The summed E-state index contributed by atoms with van der Waals surface area (Å²) in [6.07, 6.45) is 0.865. The van der Waals surface area contributed by atoms with E-state index in [0.717, 1.165) is 6.42 Å². The summed E-state index contributed by atoms with van der Waals surface area (Å²) in [6, 6.07) is 0. The Hall–Kier alpha value is -0.570. The van der Waals surface area contributed by atoms with Crippen molar-refractivity contribution in [1.82, 2.24) is 5.32 Å². The third kappa shape index (κ3) is 3.98. The molecule has 0 rings (SSSR count). The average Bonchev–Trinajstić information content (AvgIpc) is 2.00. The van der Waals surface area contributed by atoms with Crippen LogP contribution in [0.1, 0.15) is 27.2 Å². The smallest absolute Gasteiger partial charge is 0.216 e. The molecule has 1 amide bonds. The van der Waals surface area contributed by atoms with Crippen molar-refractivity contribution >= 4 is 5.91 Å². The van der Waals surface area contributed by atoms with Gasteiger partial charge in [-0.15, -0.1) is 0 Å². The Morgan fingerprint density at radius 2 is 2.18 bits per heavy atom. The second-order valence-corrected chi connectivity index (χ2v) is 3.23. The third-order valence-electron chi connectivity index (χ3n) is 2.00. The number of rotatable bonds is 4. The highest BCUT2D eigenvalue weighted by molar-refractivity contribution is 5.72. The summed E-state index contributed by atoms with van der Waals surface area (Å²) >= 11 is 0. The molecule has 11 heavy (non-hydrogen) atoms. The van der Waals surface area contributed by atoms with Gasteiger partial charge in [-0.05, 0) is 6.42 Å². The molecule has 0 aromatic heterocycles. The van der Waals surface area contributed by atoms with Crippen LogP contribution in [-0.4, -0.2) is 24.2 Å². The fourth-order valence-electron chi connectivity index (χ4n) is 0.631. The Kier molecular flexibility index (Phi) is 4.11. The van der Waals surface area contributed by atoms with E-state index in [1.807, 2.05) is 13.8 Å². The predicted octanol–water partition coefficient (Wildman–Crippen LogP) is 0.531. The Labute approximate surface area is 67.8 Å². The van der Waals surface area contributed by atoms with Crippen LogP contribution in [0.15, 0.2) is 0 Å². The zero-order valence-corrected chi connectivity index (χ0v) is 7.48. The van der Waals surface area contributed by atoms with Gasteiger partial charge in [0.25, 0.3) is 0 Å². The van der Waals surface area contributed by atoms with Gasteiger partial charge in [0.2, 0.25) is 5.91 Å². The molecule has 0 fully saturated rings. The minimum atomic E-state index is -0.161. The first-order valence-electron chi connectivity index (χ1n) is 3.89. The Bertz CT molecular complexity index is 130. The standard InChI is InChI=1S/C8H17NO2/c1-4-8(3,6-10)5-9-7(2)11/h10H,4-6H2,1-3H3,(H,9,11). The van der Waals surface area contributed by atoms with Crippen molar-refractivity contribution in [2.45, 2.75) is 27.2 Å². The van der Waals surface area contributed by atoms with Crippen molar-refractivity contribution in [3.8, 4) is 0 Å². The number of aliphatic hydroxyl groups excluding tert-OH is 1. The second kappa shape index (κ2) is 4.34. The van der Waals surface area contributed by atoms with Crippen LogP contribution in [0.25, 0.3) is 0 Å². The van der Waals surface area contributed by atoms with Gasteiger partial charge in [0.15, 0.2) is 0 Å². The predicted molar refractivity (Wildman–Crippen MR) is 44.2 cm³/mol. The molecular weight excluding hydrogens is 142 g/mol. The summed E-state index contributed by atoms with van der Waals surface area (Å²) in [5.41, 5.74) is -0.161. The molecule has 2 N–H and O–H groups in total. The molecule has 0 bridgehead atoms. The van der Waals surface area contributed by atoms with Gasteiger partial charge in [0, 0.05) is 18.9 Å². The van der Waals surface area contributed by atoms with E-state index in [2.05, 4.69) is 5.32 Å². The van der Waals surface area contributed by atoms with Crippen molar-refractivity contribution in [1.29, 1.82) is 0 Å². The van der Waals surface area contributed by atoms with Crippen LogP contribution < -0.4 is 5.32 Å². The van der Waals surface area contributed by atoms with Crippen LogP contribution >= 0.6 is 0 Å². The van der Waals surface area contributed by atoms with Crippen molar-refractivity contribution in [3.63, 3.8) is 0 Å². The highest BCUT2D eigenvalue weighted by atomic mass is 16.3. The topological polar surface area (TPSA) is 49.3 Å². The fraction of sp³-hybridized carbons (Fsp3) is 0.875. The van der Waals surface area contributed by atoms with Gasteiger partial charge in [-0.1, -0.05) is 13.8 Å². The summed E-state index contributed by atoms with van der Waals surface area (Å²) < 4.78 is 0. The first-order valence-corrected chi connectivity index (χ1v) is 3.89. The summed E-state index contributed by atoms with van der Waals surface area (Å²) in [4.78, 5) is 10.5. The molecule has 66 valence electrons. The molecule has 0 aliphatic rings. The molecule has 0 heterocycles. The minimum Gasteiger partial charge on any atom is -0.396 e. The molecule has 0 aromatic rings. The van der Waals surface area contributed by atoms with E-state index in [-0.39, 0.29) is 17.9 Å². The first-order chi connectivity index (χ1) is 5.04. The van der Waals surface area contributed by atoms with Gasteiger partial charge in [-0.3, -0.25) is 4.79 Å². The van der Waals surface area contributed by atoms with E-state index in [4.69, 9.17) is 5.11 Å². The molecule has 0 aliphatic heterocycles. The lowest BCUT2D eigenvalue weighted by Crippen LogP contribution is -2.36. The quantitative estimate of drug-likeness (QED) is 0.628. The zero-order chi connectivity index (χ0) is 8.91. The normalized spacial score (nSPS) is 15.6. The monoisotopic (exact) mass is 159 g/mol. The highest BCUT2D eigenvalue weighted by Crippen LogP contribution is 2.17. The number of hydrogen-bond acceptors (Lipinski definition) is 2. The SMILES string of the molecule is CCC(C)(CO)CNC(C)=O. The van der Waals surface area contributed by atoms with E-state index in [1.54, 1.807) is 0 Å². The molecule has 0 aliphatic carbocycles. The first kappa shape index (κ1) is 10.4. The van der Waals surface area contributed by atoms with Gasteiger partial charge in [0.05, 0.1) is 6.61 Å². The molecule has 3 nitrogen and oxygen atoms in total. The summed E-state index contributed by atoms with van der Waals surface area (Å²) in [5, 5.41) is 11.6. The molecule has 0 saturated carbocycles. The van der Waals surface area contributed by atoms with Gasteiger partial charge < -0.3 is 10.4 Å². The van der Waals surface area contributed by atoms with Crippen LogP contribution in [-0.2, 0) is 4.79 Å². The maximum atomic E-state index is 10.5. The third-order valence-corrected chi connectivity index (χ3v) is 2.00. The second-order valence-electron chi connectivity index (χ2n) is 3.23. The molecule has 0 saturated heterocycles. The molecule has 0 aromatic carbocycles. The van der Waals surface area contributed by atoms with Crippen LogP contribution in [0.3, 0.4) is 0 Å². The van der Waals surface area contributed by atoms with Gasteiger partial charge in [0.1, 0.15) is 0 Å². The summed E-state index contributed by atoms with van der Waals surface area (Å²) in [6.45, 7) is 6.09. The lowest BCUT2D eigenvalue weighted by Gasteiger charge is -2.25. The van der Waals surface area contributed by atoms with Crippen molar-refractivity contribution in [2.75, 3.05) is 13.2 Å². The largest absolute Gasteiger partial charge is 0.396 e. The van der Waals surface area contributed by atoms with Crippen LogP contribution in [0.2, 0.25) is 0 Å². The number of carbonyl (C=O) groups is 1. The highest BCUT2D eigenvalue weighted by Gasteiger charge is 2.20. The molecule has 0 radical (unpaired) electrons. The van der Waals surface area contributed by atoms with E-state index in [9.17, 15) is 4.79 Å². The number of hydrogen-bond donors (Lipinski definition) is 2. The van der Waals surface area contributed by atoms with E-state index in [0.29, 0.717) is 6.54 Å². The number of carbonyl (C=O) groups excluding carboxylic acids is 1. The maximum absolute atomic E-state index is 10.5. The van der Waals surface area contributed by atoms with E-state index < -0.39 is 0 Å². The average molecular weight is 159 g/mol. The summed E-state index contributed by atoms with van der Waals surface area (Å²) in [7, 11) is 0. The Morgan fingerprint density at radius 1 is 1.64 bits per heavy atom. The molecule has 3 heteroatoms. The zero-order valence-electron chi connectivity index (χ0n) is 7.48. The Balaban J connectivity index is 3.78. The molecule has 1 atom stereocenters. The lowest BCUT2D eigenvalue weighted by molar-refractivity contribution is -0.119. The van der Waals surface area contributed by atoms with E-state index in [1.165, 1.54) is 6.92 Å². The molecule has 0 spiro atoms. The number of aliphatic hydroxyl groups is 1. The Morgan fingerprint density at radius 3 is 2.45 bits per heavy atom. The summed E-state index contributed by atoms with van der Waals surface area (Å²) in [5.74, 6) is -0.0434. The maximum Gasteiger partial charge on any atom is 0.216 e. The number of amides is 1. The lowest BCUT2D eigenvalue weighted by atomic mass is 9.89. The van der Waals surface area contributed by atoms with Gasteiger partial charge in [-0.25, -0.2) is 0 Å². The van der Waals surface area contributed by atoms with E-state index >= 15 is 0 Å². The van der Waals surface area contributed by atoms with Crippen molar-refractivity contribution in [2.24, 2.45) is 5.41 Å². The van der Waals surface area contributed by atoms with Crippen LogP contribution in [0.4, 0.5) is 0 Å². The van der Waals surface area contributed by atoms with Crippen molar-refractivity contribution in [3.05, 3.63) is 0 Å². The van der Waals surface area contributed by atoms with Crippen LogP contribution in [0, 0.1) is 5.41 Å². The molecular formula is C8H17NO2. The van der Waals surface area contributed by atoms with Gasteiger partial charge >= 0.3 is 0 Å². The fourth-order valence-corrected chi connectivity index (χ4v) is 0.631. The minimum absolute atomic E-state index is 0.0434. The van der Waals surface area contributed by atoms with Crippen LogP contribution in [0.5, 0.6) is 0 Å². The molecule has 1 unspecified atom stereocenters. The van der Waals surface area contributed by atoms with Gasteiger partial charge in [-0.2, -0.15) is 0 Å². The number of nitrogens with one attached hydrogen (secondary N) is 1. The van der Waals surface area contributed by atoms with Crippen molar-refractivity contribution < 1.29 is 9.90 Å².